The monoisotopic (exact) mass is 255 g/mol. The minimum absolute atomic E-state index is 0.130. The van der Waals surface area contributed by atoms with Crippen molar-refractivity contribution in [1.29, 1.82) is 5.26 Å². The lowest BCUT2D eigenvalue weighted by Gasteiger charge is -2.32. The van der Waals surface area contributed by atoms with Gasteiger partial charge in [0.1, 0.15) is 11.7 Å². The highest BCUT2D eigenvalue weighted by molar-refractivity contribution is 5.82. The summed E-state index contributed by atoms with van der Waals surface area (Å²) >= 11 is 0. The first kappa shape index (κ1) is 14.9. The fraction of sp³-hybridized carbons (Fsp3) is 0.846. The van der Waals surface area contributed by atoms with Gasteiger partial charge >= 0.3 is 0 Å². The number of hydrogen-bond acceptors (Lipinski definition) is 3. The molecule has 1 amide bonds. The smallest absolute Gasteiger partial charge is 0.241 e. The second kappa shape index (κ2) is 5.66. The Kier molecular flexibility index (Phi) is 4.69. The standard InChI is InChI=1S/C13H22FN3O/c1-13(2,14)8-11(16(3)4)12(18)17-7-5-6-10(17)9-15/h10-11H,5-8H2,1-4H3. The Hall–Kier alpha value is -1.15. The average Bonchev–Trinajstić information content (AvgIpc) is 2.71. The molecule has 0 bridgehead atoms. The molecule has 1 rings (SSSR count). The van der Waals surface area contributed by atoms with Gasteiger partial charge in [-0.05, 0) is 40.8 Å². The van der Waals surface area contributed by atoms with E-state index in [2.05, 4.69) is 6.07 Å². The van der Waals surface area contributed by atoms with E-state index in [1.807, 2.05) is 0 Å². The van der Waals surface area contributed by atoms with Crippen LogP contribution in [0.3, 0.4) is 0 Å². The molecule has 2 unspecified atom stereocenters. The average molecular weight is 255 g/mol. The topological polar surface area (TPSA) is 47.3 Å². The predicted octanol–water partition coefficient (Wildman–Crippen LogP) is 1.57. The summed E-state index contributed by atoms with van der Waals surface area (Å²) in [6.45, 7) is 3.55. The van der Waals surface area contributed by atoms with Gasteiger partial charge in [0.05, 0.1) is 12.1 Å². The fourth-order valence-corrected chi connectivity index (χ4v) is 2.31. The molecule has 0 radical (unpaired) electrons. The van der Waals surface area contributed by atoms with E-state index in [0.29, 0.717) is 6.54 Å². The molecule has 0 aromatic rings. The van der Waals surface area contributed by atoms with Gasteiger partial charge in [0.15, 0.2) is 0 Å². The van der Waals surface area contributed by atoms with Crippen molar-refractivity contribution in [1.82, 2.24) is 9.80 Å². The summed E-state index contributed by atoms with van der Waals surface area (Å²) in [5, 5.41) is 9.01. The molecule has 0 aromatic carbocycles. The number of halogens is 1. The summed E-state index contributed by atoms with van der Waals surface area (Å²) in [6, 6.07) is 1.30. The highest BCUT2D eigenvalue weighted by atomic mass is 19.1. The molecule has 0 aliphatic carbocycles. The normalized spacial score (nSPS) is 22.1. The second-order valence-electron chi connectivity index (χ2n) is 5.72. The van der Waals surface area contributed by atoms with Gasteiger partial charge in [0.2, 0.25) is 5.91 Å². The van der Waals surface area contributed by atoms with E-state index in [-0.39, 0.29) is 18.4 Å². The van der Waals surface area contributed by atoms with Gasteiger partial charge in [-0.15, -0.1) is 0 Å². The van der Waals surface area contributed by atoms with Crippen LogP contribution in [0.15, 0.2) is 0 Å². The van der Waals surface area contributed by atoms with Crippen LogP contribution in [0.5, 0.6) is 0 Å². The molecule has 102 valence electrons. The Labute approximate surface area is 108 Å². The zero-order chi connectivity index (χ0) is 13.9. The van der Waals surface area contributed by atoms with Crippen LogP contribution in [-0.2, 0) is 4.79 Å². The number of alkyl halides is 1. The number of likely N-dealkylation sites (N-methyl/N-ethyl adjacent to an activating group) is 1. The Morgan fingerprint density at radius 3 is 2.67 bits per heavy atom. The Bertz CT molecular complexity index is 343. The lowest BCUT2D eigenvalue weighted by atomic mass is 9.99. The van der Waals surface area contributed by atoms with Crippen molar-refractivity contribution in [2.45, 2.75) is 50.9 Å². The number of amides is 1. The molecule has 1 saturated heterocycles. The molecule has 0 aromatic heterocycles. The van der Waals surface area contributed by atoms with Crippen LogP contribution >= 0.6 is 0 Å². The predicted molar refractivity (Wildman–Crippen MR) is 67.6 cm³/mol. The molecule has 1 heterocycles. The third-order valence-corrected chi connectivity index (χ3v) is 3.27. The summed E-state index contributed by atoms with van der Waals surface area (Å²) in [7, 11) is 3.54. The molecule has 1 aliphatic heterocycles. The number of nitriles is 1. The van der Waals surface area contributed by atoms with Gasteiger partial charge in [-0.2, -0.15) is 5.26 Å². The lowest BCUT2D eigenvalue weighted by Crippen LogP contribution is -2.49. The second-order valence-corrected chi connectivity index (χ2v) is 5.72. The molecule has 1 aliphatic rings. The summed E-state index contributed by atoms with van der Waals surface area (Å²) in [5.74, 6) is -0.130. The van der Waals surface area contributed by atoms with Gasteiger partial charge in [-0.3, -0.25) is 9.69 Å². The first-order valence-corrected chi connectivity index (χ1v) is 6.31. The van der Waals surface area contributed by atoms with E-state index in [1.165, 1.54) is 13.8 Å². The van der Waals surface area contributed by atoms with Crippen molar-refractivity contribution in [3.63, 3.8) is 0 Å². The van der Waals surface area contributed by atoms with Crippen LogP contribution < -0.4 is 0 Å². The van der Waals surface area contributed by atoms with Gasteiger partial charge in [0.25, 0.3) is 0 Å². The zero-order valence-electron chi connectivity index (χ0n) is 11.6. The highest BCUT2D eigenvalue weighted by Crippen LogP contribution is 2.24. The minimum Gasteiger partial charge on any atom is -0.325 e. The van der Waals surface area contributed by atoms with Gasteiger partial charge in [-0.25, -0.2) is 4.39 Å². The number of rotatable bonds is 4. The van der Waals surface area contributed by atoms with Crippen LogP contribution in [0.2, 0.25) is 0 Å². The molecule has 18 heavy (non-hydrogen) atoms. The summed E-state index contributed by atoms with van der Waals surface area (Å²) in [6.07, 6.45) is 1.72. The maximum Gasteiger partial charge on any atom is 0.241 e. The fourth-order valence-electron chi connectivity index (χ4n) is 2.31. The summed E-state index contributed by atoms with van der Waals surface area (Å²) in [4.78, 5) is 15.7. The van der Waals surface area contributed by atoms with Crippen molar-refractivity contribution in [2.24, 2.45) is 0 Å². The lowest BCUT2D eigenvalue weighted by molar-refractivity contribution is -0.137. The molecule has 2 atom stereocenters. The first-order chi connectivity index (χ1) is 8.26. The van der Waals surface area contributed by atoms with E-state index in [1.54, 1.807) is 23.9 Å². The molecule has 0 saturated carbocycles. The third-order valence-electron chi connectivity index (χ3n) is 3.27. The van der Waals surface area contributed by atoms with Gasteiger partial charge in [0, 0.05) is 13.0 Å². The van der Waals surface area contributed by atoms with Crippen LogP contribution in [-0.4, -0.2) is 54.1 Å². The van der Waals surface area contributed by atoms with E-state index in [9.17, 15) is 9.18 Å². The van der Waals surface area contributed by atoms with Crippen LogP contribution in [0.25, 0.3) is 0 Å². The van der Waals surface area contributed by atoms with E-state index in [0.717, 1.165) is 12.8 Å². The molecule has 0 spiro atoms. The number of nitrogens with zero attached hydrogens (tertiary/aromatic N) is 3. The van der Waals surface area contributed by atoms with Crippen molar-refractivity contribution in [3.8, 4) is 6.07 Å². The van der Waals surface area contributed by atoms with E-state index < -0.39 is 11.7 Å². The van der Waals surface area contributed by atoms with Crippen molar-refractivity contribution in [3.05, 3.63) is 0 Å². The van der Waals surface area contributed by atoms with E-state index in [4.69, 9.17) is 5.26 Å². The van der Waals surface area contributed by atoms with Gasteiger partial charge < -0.3 is 4.90 Å². The SMILES string of the molecule is CN(C)C(CC(C)(C)F)C(=O)N1CCCC1C#N. The molecule has 0 N–H and O–H groups in total. The van der Waals surface area contributed by atoms with Crippen LogP contribution in [0.4, 0.5) is 4.39 Å². The number of carbonyl (C=O) groups is 1. The minimum atomic E-state index is -1.40. The summed E-state index contributed by atoms with van der Waals surface area (Å²) < 4.78 is 13.8. The number of carbonyl (C=O) groups excluding carboxylic acids is 1. The molecule has 5 heteroatoms. The largest absolute Gasteiger partial charge is 0.325 e. The highest BCUT2D eigenvalue weighted by Gasteiger charge is 2.36. The van der Waals surface area contributed by atoms with Crippen molar-refractivity contribution >= 4 is 5.91 Å². The first-order valence-electron chi connectivity index (χ1n) is 6.31. The molecule has 1 fully saturated rings. The molecular formula is C13H22FN3O. The van der Waals surface area contributed by atoms with Crippen LogP contribution in [0.1, 0.15) is 33.1 Å². The summed E-state index contributed by atoms with van der Waals surface area (Å²) in [5.41, 5.74) is -1.40. The number of hydrogen-bond donors (Lipinski definition) is 0. The zero-order valence-corrected chi connectivity index (χ0v) is 11.6. The van der Waals surface area contributed by atoms with Crippen LogP contribution in [0, 0.1) is 11.3 Å². The Balaban J connectivity index is 2.80. The Morgan fingerprint density at radius 1 is 1.61 bits per heavy atom. The molecule has 4 nitrogen and oxygen atoms in total. The maximum absolute atomic E-state index is 13.8. The third kappa shape index (κ3) is 3.67. The Morgan fingerprint density at radius 2 is 2.22 bits per heavy atom. The van der Waals surface area contributed by atoms with Crippen molar-refractivity contribution in [2.75, 3.05) is 20.6 Å². The number of likely N-dealkylation sites (tertiary alicyclic amines) is 1. The van der Waals surface area contributed by atoms with E-state index >= 15 is 0 Å². The quantitative estimate of drug-likeness (QED) is 0.766. The van der Waals surface area contributed by atoms with Gasteiger partial charge in [-0.1, -0.05) is 0 Å². The molecular weight excluding hydrogens is 233 g/mol. The van der Waals surface area contributed by atoms with Crippen molar-refractivity contribution < 1.29 is 9.18 Å². The maximum atomic E-state index is 13.8.